The number of likely N-dealkylation sites (tertiary alicyclic amines) is 1. The fourth-order valence-electron chi connectivity index (χ4n) is 7.21. The third-order valence-corrected chi connectivity index (χ3v) is 9.08. The van der Waals surface area contributed by atoms with Gasteiger partial charge in [-0.1, -0.05) is 44.2 Å². The fraction of sp³-hybridized carbons (Fsp3) is 0.559. The van der Waals surface area contributed by atoms with Crippen molar-refractivity contribution in [2.75, 3.05) is 26.2 Å². The molecule has 220 valence electrons. The van der Waals surface area contributed by atoms with Crippen molar-refractivity contribution in [3.8, 4) is 5.75 Å². The molecule has 0 radical (unpaired) electrons. The number of rotatable bonds is 9. The summed E-state index contributed by atoms with van der Waals surface area (Å²) in [5.74, 6) is 0.997. The quantitative estimate of drug-likeness (QED) is 0.299. The predicted octanol–water partition coefficient (Wildman–Crippen LogP) is 5.47. The standard InChI is InChI=1S/C34H44N2O5/c1-23(2)20-36(33(39)27-9-6-5-7-10-27)29-18-32(41-25(4)38)31-22-35(21-26-13-14-26)16-15-34(31,19-29)28-11-8-12-30(17-28)40-24(3)37/h5-12,17,23,26,29,31-32H,13-16,18-22H2,1-4H3/t29-,31?,32?,34?/m1/s1. The summed E-state index contributed by atoms with van der Waals surface area (Å²) in [5, 5.41) is 0. The molecule has 1 aliphatic heterocycles. The van der Waals surface area contributed by atoms with Crippen LogP contribution in [0.3, 0.4) is 0 Å². The maximum atomic E-state index is 14.0. The van der Waals surface area contributed by atoms with Crippen LogP contribution in [0.4, 0.5) is 0 Å². The van der Waals surface area contributed by atoms with E-state index >= 15 is 0 Å². The molecule has 2 saturated carbocycles. The molecule has 5 rings (SSSR count). The summed E-state index contributed by atoms with van der Waals surface area (Å²) >= 11 is 0. The third-order valence-electron chi connectivity index (χ3n) is 9.08. The van der Waals surface area contributed by atoms with Gasteiger partial charge in [-0.25, -0.2) is 0 Å². The molecule has 3 unspecified atom stereocenters. The topological polar surface area (TPSA) is 76.2 Å². The van der Waals surface area contributed by atoms with E-state index in [1.807, 2.05) is 53.4 Å². The molecule has 2 aromatic rings. The van der Waals surface area contributed by atoms with Crippen LogP contribution < -0.4 is 4.74 Å². The van der Waals surface area contributed by atoms with Crippen LogP contribution in [-0.2, 0) is 19.7 Å². The monoisotopic (exact) mass is 560 g/mol. The summed E-state index contributed by atoms with van der Waals surface area (Å²) in [6.07, 6.45) is 4.51. The van der Waals surface area contributed by atoms with Crippen molar-refractivity contribution in [1.82, 2.24) is 9.80 Å². The first-order chi connectivity index (χ1) is 19.6. The van der Waals surface area contributed by atoms with Crippen LogP contribution in [0.15, 0.2) is 54.6 Å². The van der Waals surface area contributed by atoms with E-state index in [-0.39, 0.29) is 47.2 Å². The lowest BCUT2D eigenvalue weighted by molar-refractivity contribution is -0.159. The van der Waals surface area contributed by atoms with Gasteiger partial charge in [-0.15, -0.1) is 0 Å². The molecular weight excluding hydrogens is 516 g/mol. The van der Waals surface area contributed by atoms with E-state index < -0.39 is 0 Å². The first-order valence-corrected chi connectivity index (χ1v) is 15.2. The summed E-state index contributed by atoms with van der Waals surface area (Å²) in [6.45, 7) is 10.7. The van der Waals surface area contributed by atoms with Crippen molar-refractivity contribution in [3.05, 3.63) is 65.7 Å². The highest BCUT2D eigenvalue weighted by molar-refractivity contribution is 5.94. The van der Waals surface area contributed by atoms with Gasteiger partial charge in [0.05, 0.1) is 0 Å². The zero-order chi connectivity index (χ0) is 29.1. The van der Waals surface area contributed by atoms with Crippen molar-refractivity contribution in [2.45, 2.75) is 77.4 Å². The molecule has 2 aliphatic carbocycles. The molecular formula is C34H44N2O5. The van der Waals surface area contributed by atoms with E-state index in [0.29, 0.717) is 24.3 Å². The van der Waals surface area contributed by atoms with Crippen molar-refractivity contribution in [1.29, 1.82) is 0 Å². The second-order valence-electron chi connectivity index (χ2n) is 12.8. The molecule has 2 aromatic carbocycles. The summed E-state index contributed by atoms with van der Waals surface area (Å²) in [7, 11) is 0. The van der Waals surface area contributed by atoms with Crippen molar-refractivity contribution >= 4 is 17.8 Å². The molecule has 0 N–H and O–H groups in total. The van der Waals surface area contributed by atoms with E-state index in [9.17, 15) is 14.4 Å². The number of ether oxygens (including phenoxy) is 2. The Morgan fingerprint density at radius 1 is 1.02 bits per heavy atom. The maximum Gasteiger partial charge on any atom is 0.308 e. The fourth-order valence-corrected chi connectivity index (χ4v) is 7.21. The smallest absolute Gasteiger partial charge is 0.308 e. The lowest BCUT2D eigenvalue weighted by atomic mass is 9.56. The predicted molar refractivity (Wildman–Crippen MR) is 158 cm³/mol. The first kappa shape index (κ1) is 29.3. The number of nitrogens with zero attached hydrogens (tertiary/aromatic N) is 2. The minimum absolute atomic E-state index is 0.0132. The number of amides is 1. The van der Waals surface area contributed by atoms with Gasteiger partial charge in [-0.05, 0) is 73.9 Å². The minimum Gasteiger partial charge on any atom is -0.462 e. The molecule has 7 heteroatoms. The molecule has 1 amide bonds. The summed E-state index contributed by atoms with van der Waals surface area (Å²) < 4.78 is 11.7. The molecule has 3 aliphatic rings. The van der Waals surface area contributed by atoms with Gasteiger partial charge in [0.25, 0.3) is 5.91 Å². The van der Waals surface area contributed by atoms with Crippen LogP contribution in [0.2, 0.25) is 0 Å². The molecule has 7 nitrogen and oxygen atoms in total. The Morgan fingerprint density at radius 3 is 2.44 bits per heavy atom. The first-order valence-electron chi connectivity index (χ1n) is 15.2. The summed E-state index contributed by atoms with van der Waals surface area (Å²) in [5.41, 5.74) is 1.42. The van der Waals surface area contributed by atoms with Gasteiger partial charge < -0.3 is 19.3 Å². The Bertz CT molecular complexity index is 1240. The van der Waals surface area contributed by atoms with E-state index in [1.165, 1.54) is 26.7 Å². The van der Waals surface area contributed by atoms with Gasteiger partial charge in [0.2, 0.25) is 0 Å². The number of carbonyl (C=O) groups is 3. The highest BCUT2D eigenvalue weighted by Gasteiger charge is 2.55. The Balaban J connectivity index is 1.57. The average molecular weight is 561 g/mol. The van der Waals surface area contributed by atoms with Crippen LogP contribution in [-0.4, -0.2) is 66.0 Å². The van der Waals surface area contributed by atoms with Crippen LogP contribution in [0.1, 0.15) is 75.7 Å². The normalized spacial score (nSPS) is 26.2. The average Bonchev–Trinajstić information content (AvgIpc) is 3.75. The molecule has 41 heavy (non-hydrogen) atoms. The van der Waals surface area contributed by atoms with Gasteiger partial charge in [-0.2, -0.15) is 0 Å². The number of piperidine rings is 1. The second-order valence-corrected chi connectivity index (χ2v) is 12.8. The Hall–Kier alpha value is -3.19. The summed E-state index contributed by atoms with van der Waals surface area (Å²) in [4.78, 5) is 42.9. The van der Waals surface area contributed by atoms with Crippen molar-refractivity contribution in [3.63, 3.8) is 0 Å². The second kappa shape index (κ2) is 12.4. The molecule has 3 fully saturated rings. The molecule has 0 spiro atoms. The summed E-state index contributed by atoms with van der Waals surface area (Å²) in [6, 6.07) is 17.2. The van der Waals surface area contributed by atoms with Crippen LogP contribution in [0.5, 0.6) is 5.75 Å². The van der Waals surface area contributed by atoms with Crippen molar-refractivity contribution < 1.29 is 23.9 Å². The molecule has 0 aromatic heterocycles. The zero-order valence-corrected chi connectivity index (χ0v) is 24.9. The number of hydrogen-bond acceptors (Lipinski definition) is 6. The lowest BCUT2D eigenvalue weighted by Gasteiger charge is -2.57. The van der Waals surface area contributed by atoms with Crippen LogP contribution in [0.25, 0.3) is 0 Å². The molecule has 0 bridgehead atoms. The zero-order valence-electron chi connectivity index (χ0n) is 24.9. The minimum atomic E-state index is -0.355. The Labute approximate surface area is 244 Å². The molecule has 4 atom stereocenters. The molecule has 1 heterocycles. The highest BCUT2D eigenvalue weighted by Crippen LogP contribution is 2.52. The lowest BCUT2D eigenvalue weighted by Crippen LogP contribution is -2.62. The van der Waals surface area contributed by atoms with E-state index in [2.05, 4.69) is 24.8 Å². The number of carbonyl (C=O) groups excluding carboxylic acids is 3. The van der Waals surface area contributed by atoms with E-state index in [0.717, 1.165) is 44.0 Å². The van der Waals surface area contributed by atoms with Crippen LogP contribution >= 0.6 is 0 Å². The largest absolute Gasteiger partial charge is 0.462 e. The Morgan fingerprint density at radius 2 is 1.78 bits per heavy atom. The third kappa shape index (κ3) is 6.83. The number of benzene rings is 2. The highest BCUT2D eigenvalue weighted by atomic mass is 16.5. The molecule has 1 saturated heterocycles. The number of esters is 2. The number of hydrogen-bond donors (Lipinski definition) is 0. The Kier molecular flexibility index (Phi) is 8.83. The van der Waals surface area contributed by atoms with Gasteiger partial charge >= 0.3 is 11.9 Å². The SMILES string of the molecule is CC(=O)Oc1cccc(C23CCN(CC4CC4)CC2C(OC(C)=O)C[C@@H](N(CC(C)C)C(=O)c2ccccc2)C3)c1. The van der Waals surface area contributed by atoms with E-state index in [4.69, 9.17) is 9.47 Å². The van der Waals surface area contributed by atoms with Gasteiger partial charge in [-0.3, -0.25) is 14.4 Å². The van der Waals surface area contributed by atoms with E-state index in [1.54, 1.807) is 0 Å². The van der Waals surface area contributed by atoms with Crippen LogP contribution in [0, 0.1) is 17.8 Å². The maximum absolute atomic E-state index is 14.0. The van der Waals surface area contributed by atoms with Gasteiger partial charge in [0.1, 0.15) is 11.9 Å². The number of fused-ring (bicyclic) bond motifs is 1. The van der Waals surface area contributed by atoms with Gasteiger partial charge in [0.15, 0.2) is 0 Å². The van der Waals surface area contributed by atoms with Crippen molar-refractivity contribution in [2.24, 2.45) is 17.8 Å². The van der Waals surface area contributed by atoms with Gasteiger partial charge in [0, 0.05) is 62.8 Å².